The van der Waals surface area contributed by atoms with Gasteiger partial charge in [-0.3, -0.25) is 14.5 Å². The summed E-state index contributed by atoms with van der Waals surface area (Å²) in [4.78, 5) is 26.5. The zero-order chi connectivity index (χ0) is 14.7. The molecule has 1 saturated carbocycles. The van der Waals surface area contributed by atoms with Gasteiger partial charge in [0.05, 0.1) is 23.3 Å². The smallest absolute Gasteiger partial charge is 0.261 e. The Bertz CT molecular complexity index is 642. The molecular weight excluding hydrogens is 268 g/mol. The molecule has 5 nitrogen and oxygen atoms in total. The van der Waals surface area contributed by atoms with Crippen LogP contribution >= 0.6 is 0 Å². The summed E-state index contributed by atoms with van der Waals surface area (Å²) in [6.45, 7) is 2.60. The number of imide groups is 1. The second-order valence-electron chi connectivity index (χ2n) is 6.24. The Hall–Kier alpha value is -1.72. The minimum absolute atomic E-state index is 0.0861. The second kappa shape index (κ2) is 4.39. The van der Waals surface area contributed by atoms with Crippen LogP contribution in [0.2, 0.25) is 0 Å². The highest BCUT2D eigenvalue weighted by Crippen LogP contribution is 2.42. The largest absolute Gasteiger partial charge is 0.376 e. The summed E-state index contributed by atoms with van der Waals surface area (Å²) in [7, 11) is 0. The molecule has 2 N–H and O–H groups in total. The van der Waals surface area contributed by atoms with Crippen molar-refractivity contribution in [3.8, 4) is 0 Å². The van der Waals surface area contributed by atoms with Gasteiger partial charge in [0.1, 0.15) is 0 Å². The van der Waals surface area contributed by atoms with Crippen molar-refractivity contribution in [2.75, 3.05) is 6.61 Å². The lowest BCUT2D eigenvalue weighted by molar-refractivity contribution is -0.138. The first-order valence-electron chi connectivity index (χ1n) is 7.45. The quantitative estimate of drug-likeness (QED) is 0.785. The lowest BCUT2D eigenvalue weighted by Gasteiger charge is -2.54. The summed E-state index contributed by atoms with van der Waals surface area (Å²) in [5.41, 5.74) is 8.17. The SMILES string of the molecule is Cc1ccc2c(c1)C(=O)N(C1C(N)C3CCCOC31)C2=O. The molecule has 5 heteroatoms. The highest BCUT2D eigenvalue weighted by atomic mass is 16.5. The van der Waals surface area contributed by atoms with Crippen LogP contribution in [-0.2, 0) is 4.74 Å². The summed E-state index contributed by atoms with van der Waals surface area (Å²) in [5.74, 6) is -0.190. The number of ether oxygens (including phenoxy) is 1. The van der Waals surface area contributed by atoms with Crippen LogP contribution in [0, 0.1) is 12.8 Å². The van der Waals surface area contributed by atoms with Gasteiger partial charge in [0.25, 0.3) is 11.8 Å². The molecule has 4 rings (SSSR count). The molecule has 110 valence electrons. The average Bonchev–Trinajstić information content (AvgIpc) is 2.72. The second-order valence-corrected chi connectivity index (χ2v) is 6.24. The molecule has 1 saturated heterocycles. The molecule has 1 aromatic carbocycles. The standard InChI is InChI=1S/C16H18N2O3/c1-8-4-5-9-11(7-8)16(20)18(15(9)19)13-12(17)10-3-2-6-21-14(10)13/h4-5,7,10,12-14H,2-3,6,17H2,1H3. The van der Waals surface area contributed by atoms with E-state index in [2.05, 4.69) is 0 Å². The first-order chi connectivity index (χ1) is 10.1. The van der Waals surface area contributed by atoms with Crippen molar-refractivity contribution in [1.29, 1.82) is 0 Å². The third-order valence-electron chi connectivity index (χ3n) is 5.01. The normalized spacial score (nSPS) is 34.5. The van der Waals surface area contributed by atoms with Crippen LogP contribution in [0.1, 0.15) is 39.1 Å². The van der Waals surface area contributed by atoms with Gasteiger partial charge in [-0.15, -0.1) is 0 Å². The van der Waals surface area contributed by atoms with Crippen molar-refractivity contribution >= 4 is 11.8 Å². The Morgan fingerprint density at radius 3 is 2.81 bits per heavy atom. The van der Waals surface area contributed by atoms with Crippen molar-refractivity contribution in [3.05, 3.63) is 34.9 Å². The lowest BCUT2D eigenvalue weighted by Crippen LogP contribution is -2.72. The van der Waals surface area contributed by atoms with Crippen LogP contribution in [0.5, 0.6) is 0 Å². The number of carbonyl (C=O) groups excluding carboxylic acids is 2. The summed E-state index contributed by atoms with van der Waals surface area (Å²) in [6, 6.07) is 4.88. The van der Waals surface area contributed by atoms with E-state index in [9.17, 15) is 9.59 Å². The molecule has 0 spiro atoms. The minimum Gasteiger partial charge on any atom is -0.376 e. The van der Waals surface area contributed by atoms with Gasteiger partial charge in [-0.1, -0.05) is 11.6 Å². The number of amides is 2. The van der Waals surface area contributed by atoms with E-state index in [1.807, 2.05) is 13.0 Å². The van der Waals surface area contributed by atoms with Crippen molar-refractivity contribution in [2.24, 2.45) is 11.7 Å². The van der Waals surface area contributed by atoms with E-state index < -0.39 is 0 Å². The molecule has 0 radical (unpaired) electrons. The first-order valence-corrected chi connectivity index (χ1v) is 7.45. The van der Waals surface area contributed by atoms with Crippen LogP contribution in [0.4, 0.5) is 0 Å². The molecule has 2 heterocycles. The van der Waals surface area contributed by atoms with Gasteiger partial charge >= 0.3 is 0 Å². The number of nitrogens with two attached hydrogens (primary N) is 1. The summed E-state index contributed by atoms with van der Waals surface area (Å²) < 4.78 is 5.77. The van der Waals surface area contributed by atoms with Crippen molar-refractivity contribution in [2.45, 2.75) is 38.0 Å². The third-order valence-corrected chi connectivity index (χ3v) is 5.01. The van der Waals surface area contributed by atoms with Gasteiger partial charge in [-0.25, -0.2) is 0 Å². The number of fused-ring (bicyclic) bond motifs is 2. The maximum atomic E-state index is 12.6. The molecule has 3 aliphatic rings. The van der Waals surface area contributed by atoms with Crippen molar-refractivity contribution in [3.63, 3.8) is 0 Å². The van der Waals surface area contributed by atoms with E-state index in [0.717, 1.165) is 18.4 Å². The molecule has 2 amide bonds. The highest BCUT2D eigenvalue weighted by molar-refractivity contribution is 6.21. The molecule has 1 aromatic rings. The Balaban J connectivity index is 1.68. The predicted octanol–water partition coefficient (Wildman–Crippen LogP) is 1.10. The Morgan fingerprint density at radius 2 is 2.00 bits per heavy atom. The number of carbonyl (C=O) groups is 2. The number of hydrogen-bond donors (Lipinski definition) is 1. The van der Waals surface area contributed by atoms with E-state index in [1.165, 1.54) is 4.90 Å². The fourth-order valence-electron chi connectivity index (χ4n) is 3.88. The molecule has 2 aliphatic heterocycles. The van der Waals surface area contributed by atoms with Gasteiger partial charge < -0.3 is 10.5 Å². The van der Waals surface area contributed by atoms with E-state index in [1.54, 1.807) is 12.1 Å². The molecule has 2 fully saturated rings. The van der Waals surface area contributed by atoms with E-state index in [4.69, 9.17) is 10.5 Å². The molecule has 0 aromatic heterocycles. The van der Waals surface area contributed by atoms with Crippen LogP contribution in [-0.4, -0.2) is 41.5 Å². The molecule has 21 heavy (non-hydrogen) atoms. The zero-order valence-electron chi connectivity index (χ0n) is 11.9. The van der Waals surface area contributed by atoms with E-state index in [0.29, 0.717) is 17.7 Å². The number of benzene rings is 1. The molecule has 0 bridgehead atoms. The lowest BCUT2D eigenvalue weighted by atomic mass is 9.68. The number of hydrogen-bond acceptors (Lipinski definition) is 4. The maximum absolute atomic E-state index is 12.6. The van der Waals surface area contributed by atoms with Crippen LogP contribution in [0.3, 0.4) is 0 Å². The summed E-state index contributed by atoms with van der Waals surface area (Å²) in [5, 5.41) is 0. The van der Waals surface area contributed by atoms with Gasteiger partial charge in [0.2, 0.25) is 0 Å². The van der Waals surface area contributed by atoms with Crippen LogP contribution in [0.15, 0.2) is 18.2 Å². The van der Waals surface area contributed by atoms with Gasteiger partial charge in [-0.2, -0.15) is 0 Å². The number of nitrogens with zero attached hydrogens (tertiary/aromatic N) is 1. The van der Waals surface area contributed by atoms with E-state index in [-0.39, 0.29) is 35.9 Å². The zero-order valence-corrected chi connectivity index (χ0v) is 11.9. The first kappa shape index (κ1) is 13.0. The highest BCUT2D eigenvalue weighted by Gasteiger charge is 2.57. The van der Waals surface area contributed by atoms with Crippen LogP contribution in [0.25, 0.3) is 0 Å². The van der Waals surface area contributed by atoms with Gasteiger partial charge in [0, 0.05) is 18.6 Å². The van der Waals surface area contributed by atoms with Gasteiger partial charge in [0.15, 0.2) is 0 Å². The fourth-order valence-corrected chi connectivity index (χ4v) is 3.88. The predicted molar refractivity (Wildman–Crippen MR) is 75.9 cm³/mol. The summed E-state index contributed by atoms with van der Waals surface area (Å²) in [6.07, 6.45) is 1.94. The topological polar surface area (TPSA) is 72.6 Å². The Labute approximate surface area is 123 Å². The average molecular weight is 286 g/mol. The summed E-state index contributed by atoms with van der Waals surface area (Å²) >= 11 is 0. The molecule has 4 unspecified atom stereocenters. The number of aryl methyl sites for hydroxylation is 1. The van der Waals surface area contributed by atoms with Crippen molar-refractivity contribution < 1.29 is 14.3 Å². The Morgan fingerprint density at radius 1 is 1.24 bits per heavy atom. The van der Waals surface area contributed by atoms with Crippen molar-refractivity contribution in [1.82, 2.24) is 4.90 Å². The maximum Gasteiger partial charge on any atom is 0.261 e. The monoisotopic (exact) mass is 286 g/mol. The number of rotatable bonds is 1. The molecule has 1 aliphatic carbocycles. The molecule has 4 atom stereocenters. The fraction of sp³-hybridized carbons (Fsp3) is 0.500. The van der Waals surface area contributed by atoms with Crippen LogP contribution < -0.4 is 5.73 Å². The third kappa shape index (κ3) is 1.64. The molecular formula is C16H18N2O3. The van der Waals surface area contributed by atoms with E-state index >= 15 is 0 Å². The van der Waals surface area contributed by atoms with Gasteiger partial charge in [-0.05, 0) is 31.9 Å². The Kier molecular flexibility index (Phi) is 2.71. The minimum atomic E-state index is -0.317.